The number of nitrogens with one attached hydrogen (secondary N) is 1. The SMILES string of the molecule is COc1cc(CN2CCC[C@]2(C)C(=O)NCCO)ccc1OCCN1CCC(C)CC1. The van der Waals surface area contributed by atoms with E-state index in [1.165, 1.54) is 12.8 Å². The first kappa shape index (κ1) is 23.8. The highest BCUT2D eigenvalue weighted by Gasteiger charge is 2.42. The van der Waals surface area contributed by atoms with E-state index in [9.17, 15) is 4.79 Å². The molecule has 0 saturated carbocycles. The van der Waals surface area contributed by atoms with Crippen LogP contribution in [0.2, 0.25) is 0 Å². The second-order valence-corrected chi connectivity index (χ2v) is 9.14. The molecule has 0 aromatic heterocycles. The topological polar surface area (TPSA) is 74.3 Å². The molecule has 2 saturated heterocycles. The lowest BCUT2D eigenvalue weighted by Gasteiger charge is -2.34. The molecule has 0 spiro atoms. The third-order valence-electron chi connectivity index (χ3n) is 6.82. The molecule has 1 aromatic carbocycles. The third-order valence-corrected chi connectivity index (χ3v) is 6.82. The largest absolute Gasteiger partial charge is 0.493 e. The number of aliphatic hydroxyl groups excluding tert-OH is 1. The van der Waals surface area contributed by atoms with Crippen molar-refractivity contribution in [1.82, 2.24) is 15.1 Å². The Labute approximate surface area is 186 Å². The first-order valence-corrected chi connectivity index (χ1v) is 11.6. The average Bonchev–Trinajstić information content (AvgIpc) is 3.15. The van der Waals surface area contributed by atoms with Crippen LogP contribution in [0.3, 0.4) is 0 Å². The van der Waals surface area contributed by atoms with Crippen LogP contribution in [0, 0.1) is 5.92 Å². The van der Waals surface area contributed by atoms with Crippen LogP contribution in [-0.2, 0) is 11.3 Å². The quantitative estimate of drug-likeness (QED) is 0.590. The van der Waals surface area contributed by atoms with Crippen molar-refractivity contribution in [3.05, 3.63) is 23.8 Å². The highest BCUT2D eigenvalue weighted by Crippen LogP contribution is 2.33. The van der Waals surface area contributed by atoms with Crippen LogP contribution in [-0.4, -0.2) is 79.4 Å². The van der Waals surface area contributed by atoms with E-state index < -0.39 is 5.54 Å². The number of ether oxygens (including phenoxy) is 2. The normalized spacial score (nSPS) is 23.1. The van der Waals surface area contributed by atoms with Gasteiger partial charge in [-0.15, -0.1) is 0 Å². The van der Waals surface area contributed by atoms with E-state index in [2.05, 4.69) is 28.1 Å². The molecule has 7 heteroatoms. The number of methoxy groups -OCH3 is 1. The van der Waals surface area contributed by atoms with E-state index in [0.29, 0.717) is 19.7 Å². The Morgan fingerprint density at radius 1 is 1.26 bits per heavy atom. The maximum atomic E-state index is 12.7. The van der Waals surface area contributed by atoms with Gasteiger partial charge in [0.1, 0.15) is 6.61 Å². The van der Waals surface area contributed by atoms with Gasteiger partial charge in [-0.05, 0) is 75.9 Å². The zero-order valence-corrected chi connectivity index (χ0v) is 19.4. The fourth-order valence-corrected chi connectivity index (χ4v) is 4.61. The van der Waals surface area contributed by atoms with Crippen molar-refractivity contribution in [3.63, 3.8) is 0 Å². The number of benzene rings is 1. The minimum absolute atomic E-state index is 0.0157. The van der Waals surface area contributed by atoms with Gasteiger partial charge >= 0.3 is 0 Å². The number of hydrogen-bond donors (Lipinski definition) is 2. The number of rotatable bonds is 10. The van der Waals surface area contributed by atoms with Crippen LogP contribution in [0.25, 0.3) is 0 Å². The highest BCUT2D eigenvalue weighted by atomic mass is 16.5. The van der Waals surface area contributed by atoms with Crippen LogP contribution in [0.15, 0.2) is 18.2 Å². The van der Waals surface area contributed by atoms with Crippen molar-refractivity contribution >= 4 is 5.91 Å². The first-order chi connectivity index (χ1) is 15.0. The molecule has 7 nitrogen and oxygen atoms in total. The van der Waals surface area contributed by atoms with Crippen molar-refractivity contribution < 1.29 is 19.4 Å². The van der Waals surface area contributed by atoms with Gasteiger partial charge in [0.2, 0.25) is 5.91 Å². The second kappa shape index (κ2) is 11.2. The van der Waals surface area contributed by atoms with E-state index in [0.717, 1.165) is 62.0 Å². The number of carbonyl (C=O) groups excluding carboxylic acids is 1. The van der Waals surface area contributed by atoms with Gasteiger partial charge in [-0.3, -0.25) is 14.6 Å². The Morgan fingerprint density at radius 3 is 2.74 bits per heavy atom. The molecular formula is C24H39N3O4. The number of likely N-dealkylation sites (tertiary alicyclic amines) is 2. The molecule has 2 aliphatic heterocycles. The van der Waals surface area contributed by atoms with Crippen molar-refractivity contribution in [1.29, 1.82) is 0 Å². The summed E-state index contributed by atoms with van der Waals surface area (Å²) in [4.78, 5) is 17.3. The summed E-state index contributed by atoms with van der Waals surface area (Å²) in [6.07, 6.45) is 4.34. The monoisotopic (exact) mass is 433 g/mol. The number of carbonyl (C=O) groups is 1. The van der Waals surface area contributed by atoms with E-state index in [4.69, 9.17) is 14.6 Å². The van der Waals surface area contributed by atoms with Gasteiger partial charge in [-0.1, -0.05) is 13.0 Å². The Hall–Kier alpha value is -1.83. The second-order valence-electron chi connectivity index (χ2n) is 9.14. The predicted molar refractivity (Wildman–Crippen MR) is 121 cm³/mol. The Morgan fingerprint density at radius 2 is 2.03 bits per heavy atom. The number of aliphatic hydroxyl groups is 1. The van der Waals surface area contributed by atoms with Crippen molar-refractivity contribution in [2.75, 3.05) is 53.0 Å². The molecule has 31 heavy (non-hydrogen) atoms. The molecule has 174 valence electrons. The molecule has 2 fully saturated rings. The molecular weight excluding hydrogens is 394 g/mol. The van der Waals surface area contributed by atoms with Gasteiger partial charge in [0, 0.05) is 19.6 Å². The molecule has 0 radical (unpaired) electrons. The Bertz CT molecular complexity index is 721. The lowest BCUT2D eigenvalue weighted by Crippen LogP contribution is -2.53. The van der Waals surface area contributed by atoms with Gasteiger partial charge < -0.3 is 19.9 Å². The number of hydrogen-bond acceptors (Lipinski definition) is 6. The summed E-state index contributed by atoms with van der Waals surface area (Å²) in [5, 5.41) is 11.9. The fraction of sp³-hybridized carbons (Fsp3) is 0.708. The molecule has 0 aliphatic carbocycles. The van der Waals surface area contributed by atoms with Crippen LogP contribution in [0.1, 0.15) is 45.1 Å². The number of nitrogens with zero attached hydrogens (tertiary/aromatic N) is 2. The molecule has 2 heterocycles. The smallest absolute Gasteiger partial charge is 0.240 e. The minimum atomic E-state index is -0.552. The summed E-state index contributed by atoms with van der Waals surface area (Å²) in [5.74, 6) is 2.32. The van der Waals surface area contributed by atoms with Gasteiger partial charge in [-0.2, -0.15) is 0 Å². The predicted octanol–water partition coefficient (Wildman–Crippen LogP) is 2.27. The zero-order valence-electron chi connectivity index (χ0n) is 19.4. The summed E-state index contributed by atoms with van der Waals surface area (Å²) in [6, 6.07) is 6.05. The van der Waals surface area contributed by atoms with Crippen LogP contribution < -0.4 is 14.8 Å². The molecule has 1 aromatic rings. The van der Waals surface area contributed by atoms with E-state index >= 15 is 0 Å². The molecule has 2 N–H and O–H groups in total. The number of amides is 1. The van der Waals surface area contributed by atoms with E-state index in [-0.39, 0.29) is 12.5 Å². The lowest BCUT2D eigenvalue weighted by atomic mass is 9.97. The maximum absolute atomic E-state index is 12.7. The van der Waals surface area contributed by atoms with Crippen molar-refractivity contribution in [3.8, 4) is 11.5 Å². The van der Waals surface area contributed by atoms with E-state index in [1.54, 1.807) is 7.11 Å². The fourth-order valence-electron chi connectivity index (χ4n) is 4.61. The average molecular weight is 434 g/mol. The molecule has 1 atom stereocenters. The van der Waals surface area contributed by atoms with Crippen molar-refractivity contribution in [2.45, 2.75) is 51.6 Å². The summed E-state index contributed by atoms with van der Waals surface area (Å²) in [7, 11) is 1.67. The summed E-state index contributed by atoms with van der Waals surface area (Å²) in [5.41, 5.74) is 0.543. The molecule has 0 unspecified atom stereocenters. The van der Waals surface area contributed by atoms with Crippen LogP contribution >= 0.6 is 0 Å². The molecule has 2 aliphatic rings. The van der Waals surface area contributed by atoms with Crippen LogP contribution in [0.5, 0.6) is 11.5 Å². The highest BCUT2D eigenvalue weighted by molar-refractivity contribution is 5.86. The van der Waals surface area contributed by atoms with Crippen LogP contribution in [0.4, 0.5) is 0 Å². The molecule has 1 amide bonds. The van der Waals surface area contributed by atoms with Gasteiger partial charge in [0.05, 0.1) is 19.3 Å². The minimum Gasteiger partial charge on any atom is -0.493 e. The summed E-state index contributed by atoms with van der Waals surface area (Å²) >= 11 is 0. The molecule has 0 bridgehead atoms. The van der Waals surface area contributed by atoms with Crippen molar-refractivity contribution in [2.24, 2.45) is 5.92 Å². The Balaban J connectivity index is 1.57. The summed E-state index contributed by atoms with van der Waals surface area (Å²) < 4.78 is 11.6. The Kier molecular flexibility index (Phi) is 8.58. The molecule has 3 rings (SSSR count). The third kappa shape index (κ3) is 6.11. The zero-order chi connectivity index (χ0) is 22.3. The van der Waals surface area contributed by atoms with Gasteiger partial charge in [-0.25, -0.2) is 0 Å². The van der Waals surface area contributed by atoms with Gasteiger partial charge in [0.15, 0.2) is 11.5 Å². The van der Waals surface area contributed by atoms with E-state index in [1.807, 2.05) is 19.1 Å². The first-order valence-electron chi connectivity index (χ1n) is 11.6. The maximum Gasteiger partial charge on any atom is 0.240 e. The number of piperidine rings is 1. The van der Waals surface area contributed by atoms with Gasteiger partial charge in [0.25, 0.3) is 0 Å². The standard InChI is InChI=1S/C24H39N3O4/c1-19-7-12-26(13-8-19)14-16-31-21-6-5-20(17-22(21)30-3)18-27-11-4-9-24(27,2)23(29)25-10-15-28/h5-6,17,19,28H,4,7-16,18H2,1-3H3,(H,25,29)/t24-/m1/s1. The lowest BCUT2D eigenvalue weighted by molar-refractivity contribution is -0.131. The summed E-state index contributed by atoms with van der Waals surface area (Å²) in [6.45, 7) is 10.0.